The van der Waals surface area contributed by atoms with Gasteiger partial charge < -0.3 is 45.5 Å². The van der Waals surface area contributed by atoms with Crippen molar-refractivity contribution in [3.63, 3.8) is 0 Å². The summed E-state index contributed by atoms with van der Waals surface area (Å²) in [7, 11) is 3.34. The maximum atomic E-state index is 10.2. The fraction of sp³-hybridized carbons (Fsp3) is 0.769. The molecule has 1 saturated carbocycles. The maximum Gasteiger partial charge on any atom is 0.161 e. The van der Waals surface area contributed by atoms with Crippen molar-refractivity contribution < 1.29 is 45.5 Å². The summed E-state index contributed by atoms with van der Waals surface area (Å²) in [6.45, 7) is 10.9. The average molecular weight is 609 g/mol. The fourth-order valence-corrected chi connectivity index (χ4v) is 5.79. The lowest BCUT2D eigenvalue weighted by molar-refractivity contribution is -0.947. The van der Waals surface area contributed by atoms with Gasteiger partial charge in [-0.3, -0.25) is 0 Å². The largest absolute Gasteiger partial charge is 1.00 e. The highest BCUT2D eigenvalue weighted by molar-refractivity contribution is 9.10. The van der Waals surface area contributed by atoms with Crippen LogP contribution in [0.5, 0.6) is 11.5 Å². The van der Waals surface area contributed by atoms with Crippen LogP contribution >= 0.6 is 15.9 Å². The fourth-order valence-electron chi connectivity index (χ4n) is 5.34. The number of quaternary nitrogens is 1. The van der Waals surface area contributed by atoms with Crippen molar-refractivity contribution in [1.82, 2.24) is 0 Å². The molecule has 0 radical (unpaired) electrons. The minimum absolute atomic E-state index is 0. The molecule has 6 nitrogen and oxygen atoms in total. The zero-order valence-electron chi connectivity index (χ0n) is 21.3. The van der Waals surface area contributed by atoms with Gasteiger partial charge in [-0.05, 0) is 69.9 Å². The third-order valence-corrected chi connectivity index (χ3v) is 8.44. The van der Waals surface area contributed by atoms with Crippen LogP contribution in [0.15, 0.2) is 16.6 Å². The number of ether oxygens (including phenoxy) is 4. The molecular weight excluding hydrogens is 566 g/mol. The molecule has 196 valence electrons. The highest BCUT2D eigenvalue weighted by atomic mass is 79.9. The van der Waals surface area contributed by atoms with Gasteiger partial charge in [0.15, 0.2) is 11.5 Å². The Morgan fingerprint density at radius 1 is 1.03 bits per heavy atom. The van der Waals surface area contributed by atoms with E-state index in [4.69, 9.17) is 18.9 Å². The lowest BCUT2D eigenvalue weighted by atomic mass is 9.74. The zero-order valence-corrected chi connectivity index (χ0v) is 24.5. The van der Waals surface area contributed by atoms with Gasteiger partial charge in [-0.15, -0.1) is 0 Å². The number of halogens is 2. The molecule has 0 aromatic heterocycles. The Bertz CT molecular complexity index is 741. The predicted octanol–water partition coefficient (Wildman–Crippen LogP) is 1.80. The molecule has 1 aliphatic carbocycles. The van der Waals surface area contributed by atoms with Crippen molar-refractivity contribution in [2.45, 2.75) is 58.1 Å². The molecule has 1 saturated heterocycles. The third-order valence-electron chi connectivity index (χ3n) is 7.70. The lowest BCUT2D eigenvalue weighted by Crippen LogP contribution is -3.00. The van der Waals surface area contributed by atoms with E-state index in [0.717, 1.165) is 98.2 Å². The average Bonchev–Trinajstić information content (AvgIpc) is 2.80. The number of nitrogens with zero attached hydrogens (tertiary/aromatic N) is 1. The quantitative estimate of drug-likeness (QED) is 0.307. The first-order valence-electron chi connectivity index (χ1n) is 12.4. The summed E-state index contributed by atoms with van der Waals surface area (Å²) in [5.41, 5.74) is 0.679. The molecule has 0 amide bonds. The predicted molar refractivity (Wildman–Crippen MR) is 134 cm³/mol. The van der Waals surface area contributed by atoms with E-state index in [2.05, 4.69) is 22.0 Å². The summed E-state index contributed by atoms with van der Waals surface area (Å²) in [6.07, 6.45) is 5.82. The molecule has 2 aliphatic rings. The Balaban J connectivity index is 0.00000408. The molecule has 2 fully saturated rings. The van der Waals surface area contributed by atoms with Crippen molar-refractivity contribution in [2.75, 3.05) is 60.3 Å². The number of hydrogen-bond acceptors (Lipinski definition) is 5. The number of hydrogen-bond donors (Lipinski definition) is 1. The van der Waals surface area contributed by atoms with Crippen LogP contribution in [0.1, 0.15) is 51.5 Å². The van der Waals surface area contributed by atoms with E-state index in [-0.39, 0.29) is 17.0 Å². The van der Waals surface area contributed by atoms with E-state index in [0.29, 0.717) is 5.92 Å². The molecule has 1 heterocycles. The van der Waals surface area contributed by atoms with Crippen LogP contribution in [0, 0.1) is 11.8 Å². The van der Waals surface area contributed by atoms with Gasteiger partial charge in [-0.1, -0.05) is 15.9 Å². The summed E-state index contributed by atoms with van der Waals surface area (Å²) in [4.78, 5) is 0. The normalized spacial score (nSPS) is 22.6. The van der Waals surface area contributed by atoms with E-state index in [1.165, 1.54) is 18.4 Å². The van der Waals surface area contributed by atoms with Gasteiger partial charge in [-0.25, -0.2) is 0 Å². The molecule has 1 aromatic carbocycles. The molecule has 0 spiro atoms. The molecular formula is C26H43Br2NO5. The van der Waals surface area contributed by atoms with Crippen LogP contribution in [0.25, 0.3) is 0 Å². The van der Waals surface area contributed by atoms with Crippen molar-refractivity contribution in [3.8, 4) is 11.5 Å². The second kappa shape index (κ2) is 13.8. The van der Waals surface area contributed by atoms with Crippen LogP contribution < -0.4 is 26.5 Å². The number of morpholine rings is 1. The molecule has 3 rings (SSSR count). The van der Waals surface area contributed by atoms with Crippen LogP contribution in [0.4, 0.5) is 0 Å². The zero-order chi connectivity index (χ0) is 23.9. The van der Waals surface area contributed by atoms with Gasteiger partial charge in [0.1, 0.15) is 26.2 Å². The molecule has 34 heavy (non-hydrogen) atoms. The van der Waals surface area contributed by atoms with Gasteiger partial charge in [0.25, 0.3) is 0 Å². The summed E-state index contributed by atoms with van der Waals surface area (Å²) < 4.78 is 24.8. The summed E-state index contributed by atoms with van der Waals surface area (Å²) in [5, 5.41) is 10.2. The minimum atomic E-state index is -0.541. The second-order valence-electron chi connectivity index (χ2n) is 10.4. The Hall–Kier alpha value is -0.380. The van der Waals surface area contributed by atoms with Crippen LogP contribution in [0.2, 0.25) is 0 Å². The van der Waals surface area contributed by atoms with Crippen molar-refractivity contribution >= 4 is 15.9 Å². The Labute approximate surface area is 224 Å². The van der Waals surface area contributed by atoms with E-state index in [1.54, 1.807) is 14.2 Å². The van der Waals surface area contributed by atoms with Gasteiger partial charge in [0, 0.05) is 16.6 Å². The van der Waals surface area contributed by atoms with E-state index < -0.39 is 5.60 Å². The molecule has 0 atom stereocenters. The first-order chi connectivity index (χ1) is 15.8. The summed E-state index contributed by atoms with van der Waals surface area (Å²) >= 11 is 3.73. The van der Waals surface area contributed by atoms with E-state index in [1.807, 2.05) is 19.9 Å². The lowest BCUT2D eigenvalue weighted by Gasteiger charge is -2.41. The highest BCUT2D eigenvalue weighted by Gasteiger charge is 2.33. The van der Waals surface area contributed by atoms with Gasteiger partial charge in [0.05, 0.1) is 39.6 Å². The molecule has 0 unspecified atom stereocenters. The minimum Gasteiger partial charge on any atom is -1.00 e. The maximum absolute atomic E-state index is 10.2. The third kappa shape index (κ3) is 8.34. The summed E-state index contributed by atoms with van der Waals surface area (Å²) in [5.74, 6) is 2.67. The topological polar surface area (TPSA) is 57.2 Å². The Morgan fingerprint density at radius 2 is 1.65 bits per heavy atom. The van der Waals surface area contributed by atoms with Crippen LogP contribution in [-0.2, 0) is 16.0 Å². The van der Waals surface area contributed by atoms with Crippen LogP contribution in [-0.4, -0.2) is 75.5 Å². The monoisotopic (exact) mass is 607 g/mol. The van der Waals surface area contributed by atoms with Crippen molar-refractivity contribution in [3.05, 3.63) is 22.2 Å². The number of benzene rings is 1. The molecule has 1 aromatic rings. The van der Waals surface area contributed by atoms with Crippen molar-refractivity contribution in [1.29, 1.82) is 0 Å². The number of rotatable bonds is 11. The molecule has 0 bridgehead atoms. The summed E-state index contributed by atoms with van der Waals surface area (Å²) in [6, 6.07) is 4.08. The second-order valence-corrected chi connectivity index (χ2v) is 11.2. The SMILES string of the molecule is COc1cc(Br)c(C[N+]2(CCOCCC3CCC(C(C)(C)O)CC3)CCOCC2)cc1OC.[Br-]. The van der Waals surface area contributed by atoms with Crippen molar-refractivity contribution in [2.24, 2.45) is 11.8 Å². The van der Waals surface area contributed by atoms with Gasteiger partial charge >= 0.3 is 0 Å². The van der Waals surface area contributed by atoms with Gasteiger partial charge in [0.2, 0.25) is 0 Å². The first kappa shape index (κ1) is 29.8. The standard InChI is InChI=1S/C26H43BrNO5.BrH/c1-26(2,29)22-7-5-20(6-8-22)9-13-32-14-10-28(11-15-33-16-12-28)19-21-17-24(30-3)25(31-4)18-23(21)27;/h17-18,20,22,29H,5-16,19H2,1-4H3;1H/q+1;/p-1. The van der Waals surface area contributed by atoms with E-state index >= 15 is 0 Å². The smallest absolute Gasteiger partial charge is 0.161 e. The highest BCUT2D eigenvalue weighted by Crippen LogP contribution is 2.37. The van der Waals surface area contributed by atoms with E-state index in [9.17, 15) is 5.11 Å². The number of aliphatic hydroxyl groups is 1. The van der Waals surface area contributed by atoms with Crippen LogP contribution in [0.3, 0.4) is 0 Å². The molecule has 1 aliphatic heterocycles. The first-order valence-corrected chi connectivity index (χ1v) is 13.2. The molecule has 1 N–H and O–H groups in total. The number of methoxy groups -OCH3 is 2. The Kier molecular flexibility index (Phi) is 12.1. The molecule has 8 heteroatoms. The Morgan fingerprint density at radius 3 is 2.24 bits per heavy atom. The van der Waals surface area contributed by atoms with Gasteiger partial charge in [-0.2, -0.15) is 0 Å².